The van der Waals surface area contributed by atoms with Crippen molar-refractivity contribution < 1.29 is 13.4 Å². The number of aromatic nitrogens is 4. The number of hydrogen-bond donors (Lipinski definition) is 1. The normalized spacial score (nSPS) is 16.4. The maximum atomic E-state index is 13.6. The molecular weight excluding hydrogens is 364 g/mol. The van der Waals surface area contributed by atoms with Gasteiger partial charge in [0.15, 0.2) is 0 Å². The number of nitrogens with zero attached hydrogens (tertiary/aromatic N) is 4. The van der Waals surface area contributed by atoms with Crippen molar-refractivity contribution in [1.29, 1.82) is 0 Å². The third-order valence-corrected chi connectivity index (χ3v) is 5.18. The minimum Gasteiger partial charge on any atom is -0.306 e. The van der Waals surface area contributed by atoms with Crippen LogP contribution in [0.15, 0.2) is 47.2 Å². The number of rotatable bonds is 4. The Balaban J connectivity index is 1.42. The summed E-state index contributed by atoms with van der Waals surface area (Å²) in [5, 5.41) is 15.8. The summed E-state index contributed by atoms with van der Waals surface area (Å²) in [5.74, 6) is -1.22. The standard InChI is InChI=1S/C20H17F2N5O/c21-13-7-14(22)9-15(8-13)27-19-6-2-4-17(16(19)11-24-27)23-10-12-3-1-5-18-20(12)26-28-25-18/h1,3,5,7-9,11,17,23H,2,4,6,10H2/t17-/m0/s1. The first-order valence-electron chi connectivity index (χ1n) is 9.16. The minimum absolute atomic E-state index is 0.103. The Hall–Kier alpha value is -3.13. The van der Waals surface area contributed by atoms with E-state index in [1.54, 1.807) is 10.9 Å². The summed E-state index contributed by atoms with van der Waals surface area (Å²) >= 11 is 0. The number of hydrogen-bond acceptors (Lipinski definition) is 5. The van der Waals surface area contributed by atoms with Gasteiger partial charge in [-0.25, -0.2) is 18.1 Å². The molecule has 2 aromatic carbocycles. The molecule has 2 heterocycles. The monoisotopic (exact) mass is 381 g/mol. The van der Waals surface area contributed by atoms with Crippen LogP contribution in [0, 0.1) is 11.6 Å². The van der Waals surface area contributed by atoms with Crippen LogP contribution >= 0.6 is 0 Å². The Morgan fingerprint density at radius 2 is 2.00 bits per heavy atom. The van der Waals surface area contributed by atoms with E-state index < -0.39 is 11.6 Å². The molecule has 2 aromatic heterocycles. The van der Waals surface area contributed by atoms with Crippen molar-refractivity contribution in [3.8, 4) is 5.69 Å². The lowest BCUT2D eigenvalue weighted by Gasteiger charge is -2.24. The third kappa shape index (κ3) is 2.95. The van der Waals surface area contributed by atoms with E-state index in [2.05, 4.69) is 20.7 Å². The van der Waals surface area contributed by atoms with Crippen LogP contribution in [0.5, 0.6) is 0 Å². The van der Waals surface area contributed by atoms with Crippen LogP contribution in [0.2, 0.25) is 0 Å². The van der Waals surface area contributed by atoms with Crippen molar-refractivity contribution in [2.24, 2.45) is 0 Å². The summed E-state index contributed by atoms with van der Waals surface area (Å²) in [7, 11) is 0. The summed E-state index contributed by atoms with van der Waals surface area (Å²) in [4.78, 5) is 0. The molecule has 0 bridgehead atoms. The molecule has 0 aliphatic heterocycles. The van der Waals surface area contributed by atoms with Crippen LogP contribution in [-0.4, -0.2) is 20.1 Å². The fourth-order valence-electron chi connectivity index (χ4n) is 3.89. The average molecular weight is 381 g/mol. The van der Waals surface area contributed by atoms with Gasteiger partial charge in [-0.2, -0.15) is 5.10 Å². The predicted molar refractivity (Wildman–Crippen MR) is 97.8 cm³/mol. The van der Waals surface area contributed by atoms with E-state index in [1.807, 2.05) is 18.2 Å². The van der Waals surface area contributed by atoms with E-state index in [0.717, 1.165) is 53.2 Å². The molecule has 0 unspecified atom stereocenters. The second-order valence-electron chi connectivity index (χ2n) is 6.96. The topological polar surface area (TPSA) is 68.8 Å². The highest BCUT2D eigenvalue weighted by Gasteiger charge is 2.25. The fraction of sp³-hybridized carbons (Fsp3) is 0.250. The molecule has 0 saturated heterocycles. The van der Waals surface area contributed by atoms with E-state index in [4.69, 9.17) is 4.63 Å². The second-order valence-corrected chi connectivity index (χ2v) is 6.96. The fourth-order valence-corrected chi connectivity index (χ4v) is 3.89. The summed E-state index contributed by atoms with van der Waals surface area (Å²) in [5.41, 5.74) is 4.92. The van der Waals surface area contributed by atoms with Gasteiger partial charge >= 0.3 is 0 Å². The van der Waals surface area contributed by atoms with Crippen LogP contribution in [0.3, 0.4) is 0 Å². The van der Waals surface area contributed by atoms with Crippen LogP contribution in [-0.2, 0) is 13.0 Å². The van der Waals surface area contributed by atoms with Gasteiger partial charge in [-0.3, -0.25) is 0 Å². The van der Waals surface area contributed by atoms with E-state index in [-0.39, 0.29) is 6.04 Å². The molecule has 4 aromatic rings. The molecule has 0 radical (unpaired) electrons. The van der Waals surface area contributed by atoms with Crippen LogP contribution < -0.4 is 5.32 Å². The smallest absolute Gasteiger partial charge is 0.139 e. The Labute approximate surface area is 159 Å². The third-order valence-electron chi connectivity index (χ3n) is 5.18. The molecule has 8 heteroatoms. The molecule has 5 rings (SSSR count). The maximum Gasteiger partial charge on any atom is 0.139 e. The first kappa shape index (κ1) is 17.0. The lowest BCUT2D eigenvalue weighted by molar-refractivity contribution is 0.315. The van der Waals surface area contributed by atoms with E-state index >= 15 is 0 Å². The molecule has 142 valence electrons. The van der Waals surface area contributed by atoms with Crippen LogP contribution in [0.4, 0.5) is 8.78 Å². The van der Waals surface area contributed by atoms with Gasteiger partial charge in [0.05, 0.1) is 11.9 Å². The first-order chi connectivity index (χ1) is 13.7. The van der Waals surface area contributed by atoms with Crippen molar-refractivity contribution in [1.82, 2.24) is 25.4 Å². The van der Waals surface area contributed by atoms with E-state index in [1.165, 1.54) is 12.1 Å². The molecule has 1 aliphatic rings. The van der Waals surface area contributed by atoms with Gasteiger partial charge in [0.25, 0.3) is 0 Å². The van der Waals surface area contributed by atoms with E-state index in [9.17, 15) is 8.78 Å². The van der Waals surface area contributed by atoms with Gasteiger partial charge in [-0.15, -0.1) is 0 Å². The predicted octanol–water partition coefficient (Wildman–Crippen LogP) is 3.85. The van der Waals surface area contributed by atoms with Crippen molar-refractivity contribution >= 4 is 11.0 Å². The Bertz CT molecular complexity index is 1130. The molecule has 1 atom stereocenters. The maximum absolute atomic E-state index is 13.6. The quantitative estimate of drug-likeness (QED) is 0.581. The summed E-state index contributed by atoms with van der Waals surface area (Å²) in [6, 6.07) is 9.33. The molecule has 0 spiro atoms. The minimum atomic E-state index is -0.612. The van der Waals surface area contributed by atoms with Gasteiger partial charge < -0.3 is 5.32 Å². The largest absolute Gasteiger partial charge is 0.306 e. The highest BCUT2D eigenvalue weighted by Crippen LogP contribution is 2.32. The van der Waals surface area contributed by atoms with Gasteiger partial charge in [0.1, 0.15) is 22.7 Å². The highest BCUT2D eigenvalue weighted by atomic mass is 19.1. The summed E-state index contributed by atoms with van der Waals surface area (Å²) in [6.45, 7) is 0.607. The number of fused-ring (bicyclic) bond motifs is 2. The highest BCUT2D eigenvalue weighted by molar-refractivity contribution is 5.76. The molecule has 0 amide bonds. The number of halogens is 2. The lowest BCUT2D eigenvalue weighted by Crippen LogP contribution is -2.25. The molecule has 28 heavy (non-hydrogen) atoms. The van der Waals surface area contributed by atoms with Crippen LogP contribution in [0.1, 0.15) is 35.7 Å². The zero-order chi connectivity index (χ0) is 19.1. The molecule has 1 N–H and O–H groups in total. The number of nitrogens with one attached hydrogen (secondary N) is 1. The zero-order valence-electron chi connectivity index (χ0n) is 14.9. The van der Waals surface area contributed by atoms with Crippen molar-refractivity contribution in [3.05, 3.63) is 71.1 Å². The molecule has 0 saturated carbocycles. The van der Waals surface area contributed by atoms with Gasteiger partial charge in [0.2, 0.25) is 0 Å². The van der Waals surface area contributed by atoms with E-state index in [0.29, 0.717) is 12.2 Å². The zero-order valence-corrected chi connectivity index (χ0v) is 14.9. The Morgan fingerprint density at radius 3 is 2.86 bits per heavy atom. The lowest BCUT2D eigenvalue weighted by atomic mass is 9.92. The van der Waals surface area contributed by atoms with Gasteiger partial charge in [-0.1, -0.05) is 12.1 Å². The molecular formula is C20H17F2N5O. The molecule has 6 nitrogen and oxygen atoms in total. The van der Waals surface area contributed by atoms with Gasteiger partial charge in [0, 0.05) is 29.9 Å². The van der Waals surface area contributed by atoms with Crippen molar-refractivity contribution in [2.75, 3.05) is 0 Å². The first-order valence-corrected chi connectivity index (χ1v) is 9.16. The number of benzene rings is 2. The molecule has 0 fully saturated rings. The Kier molecular flexibility index (Phi) is 4.12. The SMILES string of the molecule is Fc1cc(F)cc(-n2ncc3c2CCC[C@@H]3NCc2cccc3nonc23)c1. The van der Waals surface area contributed by atoms with Gasteiger partial charge in [-0.05, 0) is 53.3 Å². The second kappa shape index (κ2) is 6.79. The Morgan fingerprint density at radius 1 is 1.14 bits per heavy atom. The average Bonchev–Trinajstić information content (AvgIpc) is 3.32. The van der Waals surface area contributed by atoms with Crippen molar-refractivity contribution in [3.63, 3.8) is 0 Å². The van der Waals surface area contributed by atoms with Crippen molar-refractivity contribution in [2.45, 2.75) is 31.8 Å². The summed E-state index contributed by atoms with van der Waals surface area (Å²) in [6.07, 6.45) is 4.52. The van der Waals surface area contributed by atoms with Crippen LogP contribution in [0.25, 0.3) is 16.7 Å². The molecule has 1 aliphatic carbocycles. The summed E-state index contributed by atoms with van der Waals surface area (Å²) < 4.78 is 33.7.